The Bertz CT molecular complexity index is 1320. The third-order valence-electron chi connectivity index (χ3n) is 7.19. The van der Waals surface area contributed by atoms with Gasteiger partial charge in [-0.25, -0.2) is 9.36 Å². The molecule has 4 aromatic rings. The maximum Gasteiger partial charge on any atom is 0.306 e. The fraction of sp³-hybridized carbons (Fsp3) is 0.481. The number of nitrogens with zero attached hydrogens (tertiary/aromatic N) is 7. The van der Waals surface area contributed by atoms with Crippen LogP contribution in [0.2, 0.25) is 0 Å². The Labute approximate surface area is 210 Å². The number of carbonyl (C=O) groups excluding carboxylic acids is 1. The summed E-state index contributed by atoms with van der Waals surface area (Å²) in [7, 11) is 1.87. The summed E-state index contributed by atoms with van der Waals surface area (Å²) in [6.45, 7) is 3.07. The predicted octanol–water partition coefficient (Wildman–Crippen LogP) is 4.21. The highest BCUT2D eigenvalue weighted by Crippen LogP contribution is 2.31. The van der Waals surface area contributed by atoms with E-state index >= 15 is 0 Å². The van der Waals surface area contributed by atoms with Crippen LogP contribution >= 0.6 is 0 Å². The minimum atomic E-state index is -0.219. The second kappa shape index (κ2) is 11.0. The summed E-state index contributed by atoms with van der Waals surface area (Å²) in [5.41, 5.74) is 4.93. The number of rotatable bonds is 9. The fourth-order valence-electron chi connectivity index (χ4n) is 5.30. The van der Waals surface area contributed by atoms with Crippen LogP contribution in [0.4, 0.5) is 0 Å². The number of esters is 1. The number of fused-ring (bicyclic) bond motifs is 1. The van der Waals surface area contributed by atoms with Gasteiger partial charge in [0.1, 0.15) is 5.52 Å². The first-order chi connectivity index (χ1) is 17.6. The van der Waals surface area contributed by atoms with Crippen LogP contribution in [0.15, 0.2) is 42.5 Å². The topological polar surface area (TPSA) is 101 Å². The fourth-order valence-corrected chi connectivity index (χ4v) is 5.30. The van der Waals surface area contributed by atoms with Crippen LogP contribution in [0.1, 0.15) is 73.9 Å². The van der Waals surface area contributed by atoms with Crippen molar-refractivity contribution in [3.05, 3.63) is 65.0 Å². The quantitative estimate of drug-likeness (QED) is 0.326. The van der Waals surface area contributed by atoms with Gasteiger partial charge in [0.15, 0.2) is 5.82 Å². The number of ether oxygens (including phenoxy) is 1. The van der Waals surface area contributed by atoms with Crippen LogP contribution in [-0.4, -0.2) is 47.8 Å². The number of benzene rings is 2. The number of hydrogen-bond acceptors (Lipinski definition) is 7. The Kier molecular flexibility index (Phi) is 7.34. The number of carbonyl (C=O) groups is 1. The van der Waals surface area contributed by atoms with Crippen LogP contribution in [0.3, 0.4) is 0 Å². The summed E-state index contributed by atoms with van der Waals surface area (Å²) < 4.78 is 9.03. The molecule has 0 bridgehead atoms. The van der Waals surface area contributed by atoms with Gasteiger partial charge in [-0.3, -0.25) is 4.79 Å². The van der Waals surface area contributed by atoms with Crippen LogP contribution < -0.4 is 0 Å². The molecule has 0 N–H and O–H groups in total. The molecule has 5 rings (SSSR count). The zero-order valence-corrected chi connectivity index (χ0v) is 21.0. The Morgan fingerprint density at radius 3 is 2.72 bits per heavy atom. The minimum Gasteiger partial charge on any atom is -0.466 e. The number of hydrogen-bond donors (Lipinski definition) is 0. The third-order valence-corrected chi connectivity index (χ3v) is 7.19. The van der Waals surface area contributed by atoms with Crippen molar-refractivity contribution in [1.82, 2.24) is 35.2 Å². The second-order valence-corrected chi connectivity index (χ2v) is 9.73. The molecule has 2 aromatic heterocycles. The number of aromatic nitrogens is 7. The van der Waals surface area contributed by atoms with Crippen molar-refractivity contribution >= 4 is 17.0 Å². The van der Waals surface area contributed by atoms with Crippen molar-refractivity contribution in [2.75, 3.05) is 6.61 Å². The molecule has 0 amide bonds. The van der Waals surface area contributed by atoms with Gasteiger partial charge in [-0.2, -0.15) is 0 Å². The monoisotopic (exact) mass is 487 g/mol. The molecular formula is C27H33N7O2. The Balaban J connectivity index is 1.41. The first kappa shape index (κ1) is 24.1. The zero-order valence-electron chi connectivity index (χ0n) is 21.0. The van der Waals surface area contributed by atoms with E-state index in [0.717, 1.165) is 40.1 Å². The van der Waals surface area contributed by atoms with Crippen molar-refractivity contribution in [3.63, 3.8) is 0 Å². The van der Waals surface area contributed by atoms with Gasteiger partial charge in [-0.15, -0.1) is 10.2 Å². The van der Waals surface area contributed by atoms with E-state index in [1.807, 2.05) is 42.9 Å². The third kappa shape index (κ3) is 5.45. The molecule has 2 heterocycles. The van der Waals surface area contributed by atoms with E-state index in [9.17, 15) is 4.79 Å². The van der Waals surface area contributed by atoms with Crippen molar-refractivity contribution in [2.24, 2.45) is 13.0 Å². The molecule has 1 saturated carbocycles. The first-order valence-electron chi connectivity index (χ1n) is 12.9. The van der Waals surface area contributed by atoms with Gasteiger partial charge < -0.3 is 4.74 Å². The van der Waals surface area contributed by atoms with E-state index in [-0.39, 0.29) is 18.3 Å². The van der Waals surface area contributed by atoms with Gasteiger partial charge in [0, 0.05) is 25.9 Å². The molecule has 2 aromatic carbocycles. The second-order valence-electron chi connectivity index (χ2n) is 9.73. The highest BCUT2D eigenvalue weighted by atomic mass is 16.5. The molecule has 1 fully saturated rings. The Hall–Kier alpha value is -3.62. The smallest absolute Gasteiger partial charge is 0.306 e. The van der Waals surface area contributed by atoms with Crippen LogP contribution in [0.5, 0.6) is 0 Å². The summed E-state index contributed by atoms with van der Waals surface area (Å²) in [4.78, 5) is 12.6. The normalized spacial score (nSPS) is 15.3. The van der Waals surface area contributed by atoms with E-state index < -0.39 is 0 Å². The largest absolute Gasteiger partial charge is 0.466 e. The molecule has 188 valence electrons. The maximum absolute atomic E-state index is 12.6. The zero-order chi connectivity index (χ0) is 24.9. The molecule has 1 aliphatic carbocycles. The van der Waals surface area contributed by atoms with Gasteiger partial charge in [0.2, 0.25) is 0 Å². The lowest BCUT2D eigenvalue weighted by atomic mass is 9.87. The molecule has 0 aliphatic heterocycles. The summed E-state index contributed by atoms with van der Waals surface area (Å²) in [5.74, 6) is 1.15. The van der Waals surface area contributed by atoms with Crippen molar-refractivity contribution in [3.8, 4) is 0 Å². The molecule has 1 atom stereocenters. The lowest BCUT2D eigenvalue weighted by Gasteiger charge is -2.21. The van der Waals surface area contributed by atoms with Gasteiger partial charge >= 0.3 is 5.97 Å². The predicted molar refractivity (Wildman–Crippen MR) is 135 cm³/mol. The van der Waals surface area contributed by atoms with E-state index in [1.165, 1.54) is 32.1 Å². The standard InChI is InChI=1S/C27H33N7O2/c1-3-36-27(35)17-23(22-12-13-25-24(16-22)28-31-33(25)2)21-11-7-10-20(14-21)15-26-29-30-32-34(26)18-19-8-5-4-6-9-19/h7,10-14,16,19,23H,3-6,8-9,15,17-18H2,1-2H3. The maximum atomic E-state index is 12.6. The van der Waals surface area contributed by atoms with Crippen molar-refractivity contribution < 1.29 is 9.53 Å². The molecule has 1 unspecified atom stereocenters. The van der Waals surface area contributed by atoms with Crippen LogP contribution in [-0.2, 0) is 29.5 Å². The van der Waals surface area contributed by atoms with E-state index in [2.05, 4.69) is 44.0 Å². The van der Waals surface area contributed by atoms with Gasteiger partial charge in [0.05, 0.1) is 18.5 Å². The number of aryl methyl sites for hydroxylation is 1. The molecular weight excluding hydrogens is 454 g/mol. The minimum absolute atomic E-state index is 0.159. The van der Waals surface area contributed by atoms with E-state index in [4.69, 9.17) is 4.74 Å². The number of tetrazole rings is 1. The lowest BCUT2D eigenvalue weighted by molar-refractivity contribution is -0.143. The van der Waals surface area contributed by atoms with E-state index in [0.29, 0.717) is 18.9 Å². The van der Waals surface area contributed by atoms with Crippen molar-refractivity contribution in [1.29, 1.82) is 0 Å². The molecule has 0 saturated heterocycles. The molecule has 0 spiro atoms. The average Bonchev–Trinajstić information content (AvgIpc) is 3.49. The summed E-state index contributed by atoms with van der Waals surface area (Å²) in [6.07, 6.45) is 7.33. The Morgan fingerprint density at radius 1 is 1.06 bits per heavy atom. The first-order valence-corrected chi connectivity index (χ1v) is 12.9. The van der Waals surface area contributed by atoms with Gasteiger partial charge in [-0.05, 0) is 64.9 Å². The van der Waals surface area contributed by atoms with E-state index in [1.54, 1.807) is 4.68 Å². The molecule has 36 heavy (non-hydrogen) atoms. The molecule has 0 radical (unpaired) electrons. The SMILES string of the molecule is CCOC(=O)CC(c1cccc(Cc2nnnn2CC2CCCCC2)c1)c1ccc2c(c1)nnn2C. The van der Waals surface area contributed by atoms with Crippen LogP contribution in [0.25, 0.3) is 11.0 Å². The molecule has 9 nitrogen and oxygen atoms in total. The van der Waals surface area contributed by atoms with Crippen LogP contribution in [0, 0.1) is 5.92 Å². The van der Waals surface area contributed by atoms with Gasteiger partial charge in [0.25, 0.3) is 0 Å². The summed E-state index contributed by atoms with van der Waals surface area (Å²) >= 11 is 0. The summed E-state index contributed by atoms with van der Waals surface area (Å²) in [5, 5.41) is 21.0. The highest BCUT2D eigenvalue weighted by Gasteiger charge is 2.22. The van der Waals surface area contributed by atoms with Gasteiger partial charge in [-0.1, -0.05) is 54.8 Å². The lowest BCUT2D eigenvalue weighted by Crippen LogP contribution is -2.17. The average molecular weight is 488 g/mol. The molecule has 9 heteroatoms. The Morgan fingerprint density at radius 2 is 1.89 bits per heavy atom. The highest BCUT2D eigenvalue weighted by molar-refractivity contribution is 5.76. The van der Waals surface area contributed by atoms with Crippen molar-refractivity contribution in [2.45, 2.75) is 64.3 Å². The molecule has 1 aliphatic rings. The summed E-state index contributed by atoms with van der Waals surface area (Å²) in [6, 6.07) is 14.4.